The fourth-order valence-electron chi connectivity index (χ4n) is 8.91. The number of methoxy groups -OCH3 is 2. The van der Waals surface area contributed by atoms with Gasteiger partial charge in [0.15, 0.2) is 0 Å². The van der Waals surface area contributed by atoms with Crippen LogP contribution in [0.15, 0.2) is 103 Å². The molecule has 8 heterocycles. The number of hydrogen-bond donors (Lipinski definition) is 2. The van der Waals surface area contributed by atoms with Crippen LogP contribution in [0.2, 0.25) is 0 Å². The number of aromatic nitrogens is 7. The van der Waals surface area contributed by atoms with E-state index in [-0.39, 0.29) is 24.8 Å². The molecule has 11 heteroatoms. The number of pyridine rings is 3. The Labute approximate surface area is 383 Å². The number of esters is 2. The number of fused-ring (bicyclic) bond motifs is 8. The summed E-state index contributed by atoms with van der Waals surface area (Å²) < 4.78 is 10.1. The van der Waals surface area contributed by atoms with E-state index in [0.717, 1.165) is 134 Å². The molecule has 0 saturated heterocycles. The molecule has 0 unspecified atom stereocenters. The second-order valence-corrected chi connectivity index (χ2v) is 16.9. The lowest BCUT2D eigenvalue weighted by atomic mass is 9.95. The Morgan fingerprint density at radius 1 is 0.500 bits per heavy atom. The Balaban J connectivity index is 1.29. The molecule has 1 aromatic carbocycles. The van der Waals surface area contributed by atoms with E-state index in [2.05, 4.69) is 110 Å². The number of ether oxygens (including phenoxy) is 2. The molecule has 330 valence electrons. The van der Waals surface area contributed by atoms with E-state index in [4.69, 9.17) is 24.4 Å². The lowest BCUT2D eigenvalue weighted by Crippen LogP contribution is -2.02. The molecular formula is C55H51N7O4. The minimum Gasteiger partial charge on any atom is -0.469 e. The number of carbonyl (C=O) groups excluding carboxylic acids is 2. The summed E-state index contributed by atoms with van der Waals surface area (Å²) in [4.78, 5) is 57.4. The highest BCUT2D eigenvalue weighted by Gasteiger charge is 2.24. The Bertz CT molecular complexity index is 3250. The summed E-state index contributed by atoms with van der Waals surface area (Å²) in [5.41, 5.74) is 22.3. The van der Waals surface area contributed by atoms with E-state index in [0.29, 0.717) is 12.8 Å². The van der Waals surface area contributed by atoms with Gasteiger partial charge in [0.05, 0.1) is 65.3 Å². The molecule has 2 aliphatic rings. The van der Waals surface area contributed by atoms with Gasteiger partial charge in [-0.25, -0.2) is 15.0 Å². The first-order valence-electron chi connectivity index (χ1n) is 22.1. The number of allylic oxidation sites excluding steroid dienone is 4. The van der Waals surface area contributed by atoms with Gasteiger partial charge in [0.2, 0.25) is 0 Å². The number of benzene rings is 1. The Hall–Kier alpha value is -7.79. The predicted octanol–water partition coefficient (Wildman–Crippen LogP) is 12.0. The molecule has 2 aliphatic heterocycles. The zero-order chi connectivity index (χ0) is 46.2. The van der Waals surface area contributed by atoms with Crippen molar-refractivity contribution in [1.29, 1.82) is 0 Å². The SMILES string of the molecule is COC(=O)CCC1=C(C)c2cc3[nH]c(c(C)c3C)c(-c3ccc(-c4cc(-c5ccccn5)nc(-c5ccccn5)c4)cc3)c3nc(cc4[nH]c(cc1n2)c(CCC(=O)OC)c4C)C(C)=C3C. The highest BCUT2D eigenvalue weighted by molar-refractivity contribution is 6.01. The first-order chi connectivity index (χ1) is 31.9. The molecule has 66 heavy (non-hydrogen) atoms. The first-order valence-corrected chi connectivity index (χ1v) is 22.1. The van der Waals surface area contributed by atoms with Crippen LogP contribution < -0.4 is 0 Å². The summed E-state index contributed by atoms with van der Waals surface area (Å²) >= 11 is 0. The minimum atomic E-state index is -0.287. The third-order valence-electron chi connectivity index (χ3n) is 13.1. The molecule has 7 aromatic rings. The zero-order valence-electron chi connectivity index (χ0n) is 38.5. The lowest BCUT2D eigenvalue weighted by molar-refractivity contribution is -0.141. The van der Waals surface area contributed by atoms with Gasteiger partial charge in [-0.3, -0.25) is 19.6 Å². The van der Waals surface area contributed by atoms with Crippen molar-refractivity contribution in [2.45, 2.75) is 67.2 Å². The maximum atomic E-state index is 12.5. The second kappa shape index (κ2) is 18.0. The quantitative estimate of drug-likeness (QED) is 0.128. The van der Waals surface area contributed by atoms with Gasteiger partial charge < -0.3 is 19.4 Å². The van der Waals surface area contributed by atoms with Crippen molar-refractivity contribution in [3.8, 4) is 45.0 Å². The molecule has 0 atom stereocenters. The number of nitrogens with one attached hydrogen (secondary N) is 2. The van der Waals surface area contributed by atoms with Crippen molar-refractivity contribution in [1.82, 2.24) is 34.9 Å². The van der Waals surface area contributed by atoms with Crippen LogP contribution in [0, 0.1) is 20.8 Å². The van der Waals surface area contributed by atoms with Crippen molar-refractivity contribution in [2.75, 3.05) is 14.2 Å². The van der Waals surface area contributed by atoms with Gasteiger partial charge in [-0.15, -0.1) is 0 Å². The molecule has 9 rings (SSSR count). The smallest absolute Gasteiger partial charge is 0.305 e. The number of nitrogens with zero attached hydrogens (tertiary/aromatic N) is 5. The zero-order valence-corrected chi connectivity index (χ0v) is 38.5. The Morgan fingerprint density at radius 3 is 1.67 bits per heavy atom. The number of aromatic amines is 2. The average molecular weight is 874 g/mol. The molecule has 8 bridgehead atoms. The standard InChI is InChI=1S/C55H51N7O4/c1-30-32(3)54-53(37-17-15-36(16-18-37)38-25-49(41-13-9-11-23-56-41)60-50(26-38)42-14-10-12-24-57-42)55-33(4)31(2)44(62-55)28-46-35(6)40(20-22-52(64)66-8)48(59-46)29-47-39(19-21-51(63)65-7)34(5)45(58-47)27-43(30)61-54/h9-18,23-29,58,62H,19-22H2,1-8H3. The van der Waals surface area contributed by atoms with Gasteiger partial charge in [-0.2, -0.15) is 0 Å². The van der Waals surface area contributed by atoms with Gasteiger partial charge >= 0.3 is 11.9 Å². The summed E-state index contributed by atoms with van der Waals surface area (Å²) in [5.74, 6) is -0.571. The Morgan fingerprint density at radius 2 is 1.06 bits per heavy atom. The van der Waals surface area contributed by atoms with E-state index in [9.17, 15) is 9.59 Å². The van der Waals surface area contributed by atoms with Crippen molar-refractivity contribution in [3.63, 3.8) is 0 Å². The molecule has 2 N–H and O–H groups in total. The van der Waals surface area contributed by atoms with E-state index in [1.807, 2.05) is 42.5 Å². The van der Waals surface area contributed by atoms with Crippen LogP contribution in [0.1, 0.15) is 85.1 Å². The van der Waals surface area contributed by atoms with Crippen molar-refractivity contribution in [2.24, 2.45) is 0 Å². The van der Waals surface area contributed by atoms with Crippen molar-refractivity contribution < 1.29 is 19.1 Å². The summed E-state index contributed by atoms with van der Waals surface area (Å²) in [6.07, 6.45) is 4.91. The highest BCUT2D eigenvalue weighted by Crippen LogP contribution is 2.41. The van der Waals surface area contributed by atoms with E-state index in [1.165, 1.54) is 14.2 Å². The van der Waals surface area contributed by atoms with E-state index >= 15 is 0 Å². The molecule has 0 amide bonds. The van der Waals surface area contributed by atoms with E-state index in [1.54, 1.807) is 12.4 Å². The monoisotopic (exact) mass is 873 g/mol. The maximum Gasteiger partial charge on any atom is 0.305 e. The van der Waals surface area contributed by atoms with Crippen LogP contribution >= 0.6 is 0 Å². The first kappa shape index (κ1) is 43.5. The largest absolute Gasteiger partial charge is 0.469 e. The molecule has 0 aliphatic carbocycles. The summed E-state index contributed by atoms with van der Waals surface area (Å²) in [7, 11) is 2.82. The van der Waals surface area contributed by atoms with Crippen LogP contribution in [0.3, 0.4) is 0 Å². The van der Waals surface area contributed by atoms with Gasteiger partial charge in [0.1, 0.15) is 0 Å². The fraction of sp³-hybridized carbons (Fsp3) is 0.218. The van der Waals surface area contributed by atoms with Gasteiger partial charge in [0, 0.05) is 47.3 Å². The van der Waals surface area contributed by atoms with Crippen molar-refractivity contribution in [3.05, 3.63) is 148 Å². The fourth-order valence-corrected chi connectivity index (χ4v) is 8.91. The van der Waals surface area contributed by atoms with E-state index < -0.39 is 0 Å². The van der Waals surface area contributed by atoms with Gasteiger partial charge in [-0.05, 0) is 170 Å². The summed E-state index contributed by atoms with van der Waals surface area (Å²) in [6, 6.07) is 30.7. The van der Waals surface area contributed by atoms with Gasteiger partial charge in [-0.1, -0.05) is 36.4 Å². The number of aryl methyl sites for hydroxylation is 4. The van der Waals surface area contributed by atoms with Crippen LogP contribution in [0.5, 0.6) is 0 Å². The number of H-pyrrole nitrogens is 2. The highest BCUT2D eigenvalue weighted by atomic mass is 16.5. The lowest BCUT2D eigenvalue weighted by Gasteiger charge is -2.11. The number of carbonyl (C=O) groups is 2. The van der Waals surface area contributed by atoms with Gasteiger partial charge in [0.25, 0.3) is 0 Å². The normalized spacial score (nSPS) is 12.5. The molecule has 0 fully saturated rings. The third-order valence-corrected chi connectivity index (χ3v) is 13.1. The molecule has 0 saturated carbocycles. The molecule has 0 spiro atoms. The number of hydrogen-bond acceptors (Lipinski definition) is 9. The number of rotatable bonds is 10. The summed E-state index contributed by atoms with van der Waals surface area (Å²) in [5, 5.41) is 0. The third kappa shape index (κ3) is 8.24. The topological polar surface area (TPSA) is 149 Å². The van der Waals surface area contributed by atoms with Crippen LogP contribution in [0.4, 0.5) is 0 Å². The predicted molar refractivity (Wildman–Crippen MR) is 263 cm³/mol. The molecule has 0 radical (unpaired) electrons. The summed E-state index contributed by atoms with van der Waals surface area (Å²) in [6.45, 7) is 12.7. The second-order valence-electron chi connectivity index (χ2n) is 16.9. The van der Waals surface area contributed by atoms with Crippen LogP contribution in [-0.4, -0.2) is 61.0 Å². The van der Waals surface area contributed by atoms with Crippen molar-refractivity contribution >= 4 is 56.3 Å². The molecule has 6 aromatic heterocycles. The maximum absolute atomic E-state index is 12.5. The average Bonchev–Trinajstić information content (AvgIpc) is 4.00. The molecular weight excluding hydrogens is 823 g/mol. The van der Waals surface area contributed by atoms with Crippen LogP contribution in [-0.2, 0) is 25.5 Å². The Kier molecular flexibility index (Phi) is 11.9. The van der Waals surface area contributed by atoms with Crippen LogP contribution in [0.25, 0.3) is 89.4 Å². The molecule has 11 nitrogen and oxygen atoms in total. The minimum absolute atomic E-state index is 0.213.